The van der Waals surface area contributed by atoms with E-state index in [9.17, 15) is 4.79 Å². The Balaban J connectivity index is 1.76. The van der Waals surface area contributed by atoms with Gasteiger partial charge in [-0.15, -0.1) is 0 Å². The number of aromatic nitrogens is 1. The highest BCUT2D eigenvalue weighted by Gasteiger charge is 2.15. The summed E-state index contributed by atoms with van der Waals surface area (Å²) in [5, 5.41) is 1.02. The maximum atomic E-state index is 12.5. The molecular weight excluding hydrogens is 288 g/mol. The van der Waals surface area contributed by atoms with Crippen molar-refractivity contribution in [2.45, 2.75) is 26.8 Å². The van der Waals surface area contributed by atoms with Crippen LogP contribution in [0.5, 0.6) is 0 Å². The van der Waals surface area contributed by atoms with E-state index in [2.05, 4.69) is 24.9 Å². The van der Waals surface area contributed by atoms with Crippen LogP contribution in [0.4, 0.5) is 0 Å². The summed E-state index contributed by atoms with van der Waals surface area (Å²) in [4.78, 5) is 18.4. The summed E-state index contributed by atoms with van der Waals surface area (Å²) in [5.41, 5.74) is 5.04. The quantitative estimate of drug-likeness (QED) is 0.739. The molecule has 3 aromatic rings. The molecule has 0 unspecified atom stereocenters. The Labute approximate surface area is 135 Å². The SMILES string of the molecule is Cc1cc2occ(CC(=O)N(C)Cc3ccccn3)c2cc1C. The van der Waals surface area contributed by atoms with Gasteiger partial charge in [0.25, 0.3) is 0 Å². The average Bonchev–Trinajstić information content (AvgIpc) is 2.91. The van der Waals surface area contributed by atoms with E-state index in [1.165, 1.54) is 11.1 Å². The second-order valence-corrected chi connectivity index (χ2v) is 5.94. The van der Waals surface area contributed by atoms with Crippen molar-refractivity contribution in [3.63, 3.8) is 0 Å². The number of hydrogen-bond donors (Lipinski definition) is 0. The number of likely N-dealkylation sites (N-methyl/N-ethyl adjacent to an activating group) is 1. The van der Waals surface area contributed by atoms with Gasteiger partial charge >= 0.3 is 0 Å². The molecule has 23 heavy (non-hydrogen) atoms. The summed E-state index contributed by atoms with van der Waals surface area (Å²) >= 11 is 0. The molecule has 1 amide bonds. The lowest BCUT2D eigenvalue weighted by Gasteiger charge is -2.16. The number of furan rings is 1. The predicted octanol–water partition coefficient (Wildman–Crippen LogP) is 3.65. The zero-order chi connectivity index (χ0) is 16.4. The van der Waals surface area contributed by atoms with Gasteiger partial charge in [-0.05, 0) is 49.2 Å². The maximum Gasteiger partial charge on any atom is 0.227 e. The van der Waals surface area contributed by atoms with Crippen molar-refractivity contribution < 1.29 is 9.21 Å². The van der Waals surface area contributed by atoms with E-state index in [4.69, 9.17) is 4.42 Å². The van der Waals surface area contributed by atoms with Crippen molar-refractivity contribution >= 4 is 16.9 Å². The number of rotatable bonds is 4. The van der Waals surface area contributed by atoms with Crippen LogP contribution in [0.3, 0.4) is 0 Å². The summed E-state index contributed by atoms with van der Waals surface area (Å²) in [7, 11) is 1.80. The summed E-state index contributed by atoms with van der Waals surface area (Å²) < 4.78 is 5.60. The van der Waals surface area contributed by atoms with Gasteiger partial charge in [-0.2, -0.15) is 0 Å². The molecule has 0 spiro atoms. The Morgan fingerprint density at radius 1 is 1.22 bits per heavy atom. The minimum Gasteiger partial charge on any atom is -0.464 e. The molecule has 0 fully saturated rings. The molecule has 0 saturated carbocycles. The number of amides is 1. The van der Waals surface area contributed by atoms with Gasteiger partial charge in [-0.1, -0.05) is 6.07 Å². The lowest BCUT2D eigenvalue weighted by molar-refractivity contribution is -0.129. The van der Waals surface area contributed by atoms with E-state index < -0.39 is 0 Å². The number of hydrogen-bond acceptors (Lipinski definition) is 3. The molecule has 0 atom stereocenters. The fourth-order valence-corrected chi connectivity index (χ4v) is 2.59. The first kappa shape index (κ1) is 15.3. The van der Waals surface area contributed by atoms with Crippen LogP contribution in [0.1, 0.15) is 22.4 Å². The van der Waals surface area contributed by atoms with Crippen LogP contribution in [-0.4, -0.2) is 22.8 Å². The minimum atomic E-state index is 0.0524. The highest BCUT2D eigenvalue weighted by Crippen LogP contribution is 2.25. The van der Waals surface area contributed by atoms with Crippen LogP contribution in [0, 0.1) is 13.8 Å². The van der Waals surface area contributed by atoms with Gasteiger partial charge in [0.15, 0.2) is 0 Å². The van der Waals surface area contributed by atoms with E-state index in [1.54, 1.807) is 24.4 Å². The van der Waals surface area contributed by atoms with Crippen LogP contribution < -0.4 is 0 Å². The second-order valence-electron chi connectivity index (χ2n) is 5.94. The van der Waals surface area contributed by atoms with Crippen LogP contribution in [0.25, 0.3) is 11.0 Å². The summed E-state index contributed by atoms with van der Waals surface area (Å²) in [6, 6.07) is 9.83. The Bertz CT molecular complexity index is 837. The number of aryl methyl sites for hydroxylation is 2. The van der Waals surface area contributed by atoms with Crippen molar-refractivity contribution in [1.29, 1.82) is 0 Å². The Kier molecular flexibility index (Phi) is 4.15. The number of pyridine rings is 1. The molecule has 0 aliphatic carbocycles. The van der Waals surface area contributed by atoms with Gasteiger partial charge in [-0.3, -0.25) is 9.78 Å². The third-order valence-electron chi connectivity index (χ3n) is 4.16. The normalized spacial score (nSPS) is 10.9. The Morgan fingerprint density at radius 2 is 2.00 bits per heavy atom. The summed E-state index contributed by atoms with van der Waals surface area (Å²) in [6.45, 7) is 4.64. The van der Waals surface area contributed by atoms with Crippen molar-refractivity contribution in [1.82, 2.24) is 9.88 Å². The average molecular weight is 308 g/mol. The van der Waals surface area contributed by atoms with Crippen molar-refractivity contribution in [2.75, 3.05) is 7.05 Å². The predicted molar refractivity (Wildman–Crippen MR) is 90.1 cm³/mol. The Hall–Kier alpha value is -2.62. The first-order chi connectivity index (χ1) is 11.0. The standard InChI is InChI=1S/C19H20N2O2/c1-13-8-17-15(12-23-18(17)9-14(13)2)10-19(22)21(3)11-16-6-4-5-7-20-16/h4-9,12H,10-11H2,1-3H3. The smallest absolute Gasteiger partial charge is 0.227 e. The zero-order valence-electron chi connectivity index (χ0n) is 13.7. The zero-order valence-corrected chi connectivity index (χ0v) is 13.7. The van der Waals surface area contributed by atoms with Gasteiger partial charge in [0, 0.05) is 24.2 Å². The van der Waals surface area contributed by atoms with Crippen LogP contribution in [-0.2, 0) is 17.8 Å². The molecule has 4 heteroatoms. The molecule has 4 nitrogen and oxygen atoms in total. The van der Waals surface area contributed by atoms with Gasteiger partial charge in [0.05, 0.1) is 24.9 Å². The first-order valence-corrected chi connectivity index (χ1v) is 7.66. The molecule has 0 radical (unpaired) electrons. The molecular formula is C19H20N2O2. The molecule has 2 heterocycles. The van der Waals surface area contributed by atoms with E-state index in [0.717, 1.165) is 22.2 Å². The number of nitrogens with zero attached hydrogens (tertiary/aromatic N) is 2. The van der Waals surface area contributed by atoms with E-state index >= 15 is 0 Å². The maximum absolute atomic E-state index is 12.5. The molecule has 0 N–H and O–H groups in total. The fraction of sp³-hybridized carbons (Fsp3) is 0.263. The molecule has 0 bridgehead atoms. The van der Waals surface area contributed by atoms with E-state index in [1.807, 2.05) is 24.3 Å². The molecule has 0 aliphatic rings. The second kappa shape index (κ2) is 6.24. The summed E-state index contributed by atoms with van der Waals surface area (Å²) in [6.07, 6.45) is 3.76. The number of fused-ring (bicyclic) bond motifs is 1. The van der Waals surface area contributed by atoms with Gasteiger partial charge in [0.2, 0.25) is 5.91 Å². The summed E-state index contributed by atoms with van der Waals surface area (Å²) in [5.74, 6) is 0.0524. The van der Waals surface area contributed by atoms with Crippen molar-refractivity contribution in [3.8, 4) is 0 Å². The molecule has 0 saturated heterocycles. The molecule has 0 aliphatic heterocycles. The van der Waals surface area contributed by atoms with E-state index in [-0.39, 0.29) is 5.91 Å². The van der Waals surface area contributed by atoms with Gasteiger partial charge in [-0.25, -0.2) is 0 Å². The van der Waals surface area contributed by atoms with Gasteiger partial charge < -0.3 is 9.32 Å². The molecule has 2 aromatic heterocycles. The fourth-order valence-electron chi connectivity index (χ4n) is 2.59. The van der Waals surface area contributed by atoms with Crippen molar-refractivity contribution in [2.24, 2.45) is 0 Å². The largest absolute Gasteiger partial charge is 0.464 e. The lowest BCUT2D eigenvalue weighted by Crippen LogP contribution is -2.28. The van der Waals surface area contributed by atoms with Gasteiger partial charge in [0.1, 0.15) is 5.58 Å². The third kappa shape index (κ3) is 3.26. The molecule has 1 aromatic carbocycles. The third-order valence-corrected chi connectivity index (χ3v) is 4.16. The topological polar surface area (TPSA) is 46.3 Å². The molecule has 118 valence electrons. The highest BCUT2D eigenvalue weighted by atomic mass is 16.3. The van der Waals surface area contributed by atoms with E-state index in [0.29, 0.717) is 13.0 Å². The Morgan fingerprint density at radius 3 is 2.74 bits per heavy atom. The highest BCUT2D eigenvalue weighted by molar-refractivity contribution is 5.88. The van der Waals surface area contributed by atoms with Crippen LogP contribution in [0.15, 0.2) is 47.2 Å². The first-order valence-electron chi connectivity index (χ1n) is 7.66. The van der Waals surface area contributed by atoms with Crippen LogP contribution in [0.2, 0.25) is 0 Å². The number of benzene rings is 1. The number of carbonyl (C=O) groups excluding carboxylic acids is 1. The minimum absolute atomic E-state index is 0.0524. The monoisotopic (exact) mass is 308 g/mol. The van der Waals surface area contributed by atoms with Crippen molar-refractivity contribution in [3.05, 3.63) is 65.2 Å². The van der Waals surface area contributed by atoms with Crippen LogP contribution >= 0.6 is 0 Å². The lowest BCUT2D eigenvalue weighted by atomic mass is 10.0. The number of carbonyl (C=O) groups is 1. The molecule has 3 rings (SSSR count).